The highest BCUT2D eigenvalue weighted by Gasteiger charge is 2.41. The molecule has 0 N–H and O–H groups in total. The zero-order valence-electron chi connectivity index (χ0n) is 10.0. The molecule has 15 heavy (non-hydrogen) atoms. The lowest BCUT2D eigenvalue weighted by atomic mass is 10.1. The molecular weight excluding hydrogens is 182 g/mol. The Hall–Kier alpha value is -0.820. The average molecular weight is 203 g/mol. The lowest BCUT2D eigenvalue weighted by Gasteiger charge is -2.18. The maximum Gasteiger partial charge on any atom is 0.0171 e. The van der Waals surface area contributed by atoms with E-state index in [9.17, 15) is 0 Å². The number of nitrogens with zero attached hydrogens (tertiary/aromatic N) is 1. The zero-order valence-corrected chi connectivity index (χ0v) is 10.0. The summed E-state index contributed by atoms with van der Waals surface area (Å²) in [5.41, 5.74) is 2.89. The third kappa shape index (κ3) is 2.23. The summed E-state index contributed by atoms with van der Waals surface area (Å²) in [4.78, 5) is 2.57. The first-order chi connectivity index (χ1) is 7.26. The fraction of sp³-hybridized carbons (Fsp3) is 0.571. The summed E-state index contributed by atoms with van der Waals surface area (Å²) in [7, 11) is 0. The van der Waals surface area contributed by atoms with Gasteiger partial charge < -0.3 is 4.90 Å². The zero-order chi connectivity index (χ0) is 10.8. The van der Waals surface area contributed by atoms with Gasteiger partial charge in [0.05, 0.1) is 0 Å². The molecule has 0 spiro atoms. The Labute approximate surface area is 93.1 Å². The topological polar surface area (TPSA) is 3.24 Å². The molecule has 1 nitrogen and oxygen atoms in total. The molecule has 82 valence electrons. The van der Waals surface area contributed by atoms with Crippen LogP contribution in [-0.2, 0) is 0 Å². The van der Waals surface area contributed by atoms with E-state index in [1.807, 2.05) is 0 Å². The van der Waals surface area contributed by atoms with E-state index in [0.717, 1.165) is 12.0 Å². The first kappa shape index (κ1) is 10.7. The van der Waals surface area contributed by atoms with Gasteiger partial charge in [-0.25, -0.2) is 0 Å². The number of aryl methyl sites for hydroxylation is 1. The Morgan fingerprint density at radius 2 is 1.73 bits per heavy atom. The summed E-state index contributed by atoms with van der Waals surface area (Å²) in [6.45, 7) is 9.04. The number of benzene rings is 1. The minimum atomic E-state index is 0.797. The van der Waals surface area contributed by atoms with E-state index in [-0.39, 0.29) is 0 Å². The highest BCUT2D eigenvalue weighted by atomic mass is 15.2. The third-order valence-electron chi connectivity index (χ3n) is 3.54. The van der Waals surface area contributed by atoms with Crippen molar-refractivity contribution >= 4 is 0 Å². The second kappa shape index (κ2) is 4.36. The number of hydrogen-bond donors (Lipinski definition) is 0. The van der Waals surface area contributed by atoms with Crippen LogP contribution in [-0.4, -0.2) is 24.0 Å². The predicted octanol–water partition coefficient (Wildman–Crippen LogP) is 3.19. The summed E-state index contributed by atoms with van der Waals surface area (Å²) in [5, 5.41) is 0. The van der Waals surface area contributed by atoms with E-state index in [1.165, 1.54) is 30.6 Å². The van der Waals surface area contributed by atoms with Crippen molar-refractivity contribution in [3.63, 3.8) is 0 Å². The van der Waals surface area contributed by atoms with Gasteiger partial charge in [-0.2, -0.15) is 0 Å². The van der Waals surface area contributed by atoms with Gasteiger partial charge in [-0.1, -0.05) is 43.7 Å². The van der Waals surface area contributed by atoms with Crippen molar-refractivity contribution < 1.29 is 0 Å². The van der Waals surface area contributed by atoms with Crippen molar-refractivity contribution in [1.82, 2.24) is 4.90 Å². The Balaban J connectivity index is 2.01. The minimum absolute atomic E-state index is 0.797. The smallest absolute Gasteiger partial charge is 0.0171 e. The van der Waals surface area contributed by atoms with Gasteiger partial charge >= 0.3 is 0 Å². The van der Waals surface area contributed by atoms with Crippen LogP contribution in [0.15, 0.2) is 24.3 Å². The van der Waals surface area contributed by atoms with Crippen molar-refractivity contribution in [1.29, 1.82) is 0 Å². The van der Waals surface area contributed by atoms with Gasteiger partial charge in [-0.05, 0) is 32.0 Å². The molecule has 1 aromatic rings. The molecule has 0 radical (unpaired) electrons. The monoisotopic (exact) mass is 203 g/mol. The Bertz CT molecular complexity index is 311. The molecule has 0 aliphatic heterocycles. The predicted molar refractivity (Wildman–Crippen MR) is 65.2 cm³/mol. The van der Waals surface area contributed by atoms with Crippen molar-refractivity contribution in [2.75, 3.05) is 13.1 Å². The van der Waals surface area contributed by atoms with Crippen LogP contribution in [0.2, 0.25) is 0 Å². The van der Waals surface area contributed by atoms with Crippen LogP contribution in [0.5, 0.6) is 0 Å². The van der Waals surface area contributed by atoms with Crippen LogP contribution >= 0.6 is 0 Å². The summed E-state index contributed by atoms with van der Waals surface area (Å²) in [6.07, 6.45) is 1.35. The van der Waals surface area contributed by atoms with Crippen LogP contribution < -0.4 is 0 Å². The van der Waals surface area contributed by atoms with Crippen molar-refractivity contribution in [2.24, 2.45) is 0 Å². The van der Waals surface area contributed by atoms with E-state index in [1.54, 1.807) is 0 Å². The molecule has 2 unspecified atom stereocenters. The SMILES string of the molecule is CCN(CC)C1CC1c1ccc(C)cc1. The molecule has 1 aromatic carbocycles. The van der Waals surface area contributed by atoms with Gasteiger partial charge in [0, 0.05) is 12.0 Å². The second-order valence-corrected chi connectivity index (χ2v) is 4.54. The average Bonchev–Trinajstić information content (AvgIpc) is 3.01. The largest absolute Gasteiger partial charge is 0.300 e. The van der Waals surface area contributed by atoms with Crippen LogP contribution in [0, 0.1) is 6.92 Å². The number of rotatable bonds is 4. The first-order valence-corrected chi connectivity index (χ1v) is 6.06. The molecule has 2 rings (SSSR count). The fourth-order valence-corrected chi connectivity index (χ4v) is 2.45. The number of likely N-dealkylation sites (N-methyl/N-ethyl adjacent to an activating group) is 1. The molecule has 0 heterocycles. The van der Waals surface area contributed by atoms with Crippen LogP contribution in [0.4, 0.5) is 0 Å². The molecule has 1 fully saturated rings. The molecule has 1 aliphatic rings. The quantitative estimate of drug-likeness (QED) is 0.726. The van der Waals surface area contributed by atoms with E-state index in [0.29, 0.717) is 0 Å². The molecule has 0 bridgehead atoms. The summed E-state index contributed by atoms with van der Waals surface area (Å²) in [6, 6.07) is 9.86. The van der Waals surface area contributed by atoms with Gasteiger partial charge in [-0.3, -0.25) is 0 Å². The molecular formula is C14H21N. The normalized spacial score (nSPS) is 24.5. The molecule has 1 heteroatoms. The van der Waals surface area contributed by atoms with Gasteiger partial charge in [0.2, 0.25) is 0 Å². The summed E-state index contributed by atoms with van der Waals surface area (Å²) >= 11 is 0. The molecule has 0 saturated heterocycles. The fourth-order valence-electron chi connectivity index (χ4n) is 2.45. The van der Waals surface area contributed by atoms with Crippen molar-refractivity contribution in [3.8, 4) is 0 Å². The molecule has 1 aliphatic carbocycles. The van der Waals surface area contributed by atoms with Gasteiger partial charge in [0.15, 0.2) is 0 Å². The Morgan fingerprint density at radius 1 is 1.13 bits per heavy atom. The van der Waals surface area contributed by atoms with E-state index < -0.39 is 0 Å². The molecule has 2 atom stereocenters. The molecule has 1 saturated carbocycles. The van der Waals surface area contributed by atoms with E-state index in [2.05, 4.69) is 49.9 Å². The second-order valence-electron chi connectivity index (χ2n) is 4.54. The highest BCUT2D eigenvalue weighted by Crippen LogP contribution is 2.44. The van der Waals surface area contributed by atoms with E-state index in [4.69, 9.17) is 0 Å². The Kier molecular flexibility index (Phi) is 3.11. The Morgan fingerprint density at radius 3 is 2.27 bits per heavy atom. The van der Waals surface area contributed by atoms with Crippen LogP contribution in [0.3, 0.4) is 0 Å². The first-order valence-electron chi connectivity index (χ1n) is 6.06. The summed E-state index contributed by atoms with van der Waals surface area (Å²) < 4.78 is 0. The maximum atomic E-state index is 2.57. The lowest BCUT2D eigenvalue weighted by Crippen LogP contribution is -2.26. The van der Waals surface area contributed by atoms with Crippen molar-refractivity contribution in [2.45, 2.75) is 39.2 Å². The van der Waals surface area contributed by atoms with Gasteiger partial charge in [0.25, 0.3) is 0 Å². The minimum Gasteiger partial charge on any atom is -0.300 e. The van der Waals surface area contributed by atoms with Gasteiger partial charge in [0.1, 0.15) is 0 Å². The third-order valence-corrected chi connectivity index (χ3v) is 3.54. The molecule has 0 amide bonds. The highest BCUT2D eigenvalue weighted by molar-refractivity contribution is 5.30. The van der Waals surface area contributed by atoms with Crippen LogP contribution in [0.1, 0.15) is 37.3 Å². The standard InChI is InChI=1S/C14H21N/c1-4-15(5-2)14-10-13(14)12-8-6-11(3)7-9-12/h6-9,13-14H,4-5,10H2,1-3H3. The van der Waals surface area contributed by atoms with Crippen molar-refractivity contribution in [3.05, 3.63) is 35.4 Å². The number of hydrogen-bond acceptors (Lipinski definition) is 1. The molecule has 0 aromatic heterocycles. The van der Waals surface area contributed by atoms with Crippen LogP contribution in [0.25, 0.3) is 0 Å². The summed E-state index contributed by atoms with van der Waals surface area (Å²) in [5.74, 6) is 0.797. The maximum absolute atomic E-state index is 2.57. The van der Waals surface area contributed by atoms with E-state index >= 15 is 0 Å². The lowest BCUT2D eigenvalue weighted by molar-refractivity contribution is 0.288. The van der Waals surface area contributed by atoms with Gasteiger partial charge in [-0.15, -0.1) is 0 Å².